The van der Waals surface area contributed by atoms with E-state index >= 15 is 0 Å². The summed E-state index contributed by atoms with van der Waals surface area (Å²) < 4.78 is 13.9. The number of carbonyl (C=O) groups excluding carboxylic acids is 1. The van der Waals surface area contributed by atoms with Gasteiger partial charge in [0.25, 0.3) is 5.91 Å². The van der Waals surface area contributed by atoms with Crippen molar-refractivity contribution in [2.24, 2.45) is 0 Å². The van der Waals surface area contributed by atoms with Crippen LogP contribution >= 0.6 is 0 Å². The third-order valence-corrected chi connectivity index (χ3v) is 7.37. The molecule has 10 nitrogen and oxygen atoms in total. The molecule has 2 saturated heterocycles. The first-order valence-corrected chi connectivity index (χ1v) is 13.0. The molecule has 4 aromatic rings. The number of nitrogen functional groups attached to an aromatic ring is 1. The molecule has 0 radical (unpaired) electrons. The predicted octanol–water partition coefficient (Wildman–Crippen LogP) is 3.57. The zero-order valence-corrected chi connectivity index (χ0v) is 21.3. The second-order valence-corrected chi connectivity index (χ2v) is 9.81. The second-order valence-electron chi connectivity index (χ2n) is 9.81. The number of aromatic nitrogens is 4. The van der Waals surface area contributed by atoms with Crippen LogP contribution in [0.3, 0.4) is 0 Å². The molecule has 3 aromatic heterocycles. The van der Waals surface area contributed by atoms with Crippen molar-refractivity contribution in [3.05, 3.63) is 72.4 Å². The first-order valence-electron chi connectivity index (χ1n) is 13.0. The zero-order chi connectivity index (χ0) is 26.1. The van der Waals surface area contributed by atoms with Gasteiger partial charge in [-0.15, -0.1) is 0 Å². The van der Waals surface area contributed by atoms with Gasteiger partial charge in [-0.25, -0.2) is 15.0 Å². The van der Waals surface area contributed by atoms with E-state index in [1.165, 1.54) is 0 Å². The number of benzene rings is 1. The molecule has 0 aliphatic carbocycles. The van der Waals surface area contributed by atoms with Crippen molar-refractivity contribution in [2.75, 3.05) is 37.4 Å². The van der Waals surface area contributed by atoms with Crippen molar-refractivity contribution in [3.8, 4) is 11.3 Å². The van der Waals surface area contributed by atoms with Crippen LogP contribution in [0.25, 0.3) is 16.8 Å². The molecule has 2 aliphatic heterocycles. The average Bonchev–Trinajstić information content (AvgIpc) is 3.35. The third kappa shape index (κ3) is 4.73. The summed E-state index contributed by atoms with van der Waals surface area (Å²) >= 11 is 0. The van der Waals surface area contributed by atoms with E-state index in [0.29, 0.717) is 41.6 Å². The fraction of sp³-hybridized carbons (Fsp3) is 0.357. The van der Waals surface area contributed by atoms with Crippen LogP contribution in [0.4, 0.5) is 11.6 Å². The average molecular weight is 514 g/mol. The lowest BCUT2D eigenvalue weighted by Gasteiger charge is -2.43. The number of imidazole rings is 1. The molecule has 2 atom stereocenters. The number of pyridine rings is 1. The Balaban J connectivity index is 1.30. The topological polar surface area (TPSA) is 120 Å². The van der Waals surface area contributed by atoms with Crippen LogP contribution in [-0.2, 0) is 9.47 Å². The molecule has 2 unspecified atom stereocenters. The second kappa shape index (κ2) is 10.5. The van der Waals surface area contributed by atoms with E-state index in [0.717, 1.165) is 49.5 Å². The van der Waals surface area contributed by atoms with Crippen molar-refractivity contribution >= 4 is 23.1 Å². The predicted molar refractivity (Wildman–Crippen MR) is 144 cm³/mol. The SMILES string of the molecule is CC1COC(c2nc(-c3ccc(C(=O)Nc4ccccn4)cc3)c3c(N)nccn23)CN1C1CCOCC1. The fourth-order valence-corrected chi connectivity index (χ4v) is 5.38. The van der Waals surface area contributed by atoms with Gasteiger partial charge in [-0.2, -0.15) is 0 Å². The summed E-state index contributed by atoms with van der Waals surface area (Å²) in [4.78, 5) is 28.8. The number of amides is 1. The lowest BCUT2D eigenvalue weighted by atomic mass is 10.0. The third-order valence-electron chi connectivity index (χ3n) is 7.37. The van der Waals surface area contributed by atoms with Crippen LogP contribution in [0.15, 0.2) is 61.1 Å². The number of nitrogens with one attached hydrogen (secondary N) is 1. The number of fused-ring (bicyclic) bond motifs is 1. The van der Waals surface area contributed by atoms with E-state index < -0.39 is 0 Å². The summed E-state index contributed by atoms with van der Waals surface area (Å²) in [5, 5.41) is 2.81. The van der Waals surface area contributed by atoms with Crippen LogP contribution in [0, 0.1) is 0 Å². The van der Waals surface area contributed by atoms with Crippen molar-refractivity contribution in [2.45, 2.75) is 38.0 Å². The molecule has 2 fully saturated rings. The molecule has 6 rings (SSSR count). The normalized spacial score (nSPS) is 21.0. The van der Waals surface area contributed by atoms with Gasteiger partial charge in [0.15, 0.2) is 0 Å². The Morgan fingerprint density at radius 1 is 1.08 bits per heavy atom. The van der Waals surface area contributed by atoms with E-state index in [9.17, 15) is 4.79 Å². The molecule has 38 heavy (non-hydrogen) atoms. The number of ether oxygens (including phenoxy) is 2. The Labute approximate surface area is 220 Å². The van der Waals surface area contributed by atoms with E-state index in [1.54, 1.807) is 36.7 Å². The van der Waals surface area contributed by atoms with Crippen molar-refractivity contribution < 1.29 is 14.3 Å². The quantitative estimate of drug-likeness (QED) is 0.416. The molecule has 2 aliphatic rings. The first kappa shape index (κ1) is 24.5. The Morgan fingerprint density at radius 3 is 2.66 bits per heavy atom. The number of hydrogen-bond acceptors (Lipinski definition) is 8. The molecule has 0 spiro atoms. The standard InChI is InChI=1S/C28H31N7O3/c1-18-17-38-22(16-35(18)21-9-14-37-15-10-21)27-33-24(25-26(29)31-12-13-34(25)27)19-5-7-20(8-6-19)28(36)32-23-4-2-3-11-30-23/h2-8,11-13,18,21-22H,9-10,14-17H2,1H3,(H2,29,31)(H,30,32,36). The Kier molecular flexibility index (Phi) is 6.75. The number of nitrogens with two attached hydrogens (primary N) is 1. The van der Waals surface area contributed by atoms with Crippen LogP contribution in [0.5, 0.6) is 0 Å². The molecule has 0 bridgehead atoms. The molecular weight excluding hydrogens is 482 g/mol. The number of hydrogen-bond donors (Lipinski definition) is 2. The van der Waals surface area contributed by atoms with Crippen LogP contribution in [-0.4, -0.2) is 68.6 Å². The number of carbonyl (C=O) groups is 1. The van der Waals surface area contributed by atoms with Gasteiger partial charge < -0.3 is 20.5 Å². The number of anilines is 2. The lowest BCUT2D eigenvalue weighted by molar-refractivity contribution is -0.0942. The smallest absolute Gasteiger partial charge is 0.256 e. The van der Waals surface area contributed by atoms with Gasteiger partial charge in [-0.1, -0.05) is 18.2 Å². The fourth-order valence-electron chi connectivity index (χ4n) is 5.38. The summed E-state index contributed by atoms with van der Waals surface area (Å²) in [6, 6.07) is 13.5. The number of rotatable bonds is 5. The summed E-state index contributed by atoms with van der Waals surface area (Å²) in [5.41, 5.74) is 9.16. The molecule has 1 aromatic carbocycles. The highest BCUT2D eigenvalue weighted by atomic mass is 16.5. The highest BCUT2D eigenvalue weighted by Gasteiger charge is 2.35. The van der Waals surface area contributed by atoms with Crippen LogP contribution < -0.4 is 11.1 Å². The zero-order valence-electron chi connectivity index (χ0n) is 21.3. The minimum atomic E-state index is -0.232. The Morgan fingerprint density at radius 2 is 1.89 bits per heavy atom. The van der Waals surface area contributed by atoms with Gasteiger partial charge in [-0.3, -0.25) is 14.1 Å². The molecule has 3 N–H and O–H groups in total. The first-order chi connectivity index (χ1) is 18.6. The van der Waals surface area contributed by atoms with E-state index in [-0.39, 0.29) is 12.0 Å². The Hall–Kier alpha value is -3.86. The van der Waals surface area contributed by atoms with Crippen molar-refractivity contribution in [1.82, 2.24) is 24.3 Å². The van der Waals surface area contributed by atoms with Gasteiger partial charge in [0.2, 0.25) is 0 Å². The van der Waals surface area contributed by atoms with Crippen LogP contribution in [0.1, 0.15) is 42.1 Å². The Bertz CT molecular complexity index is 1420. The maximum atomic E-state index is 12.7. The van der Waals surface area contributed by atoms with Gasteiger partial charge in [0.1, 0.15) is 34.8 Å². The monoisotopic (exact) mass is 513 g/mol. The molecule has 1 amide bonds. The van der Waals surface area contributed by atoms with E-state index in [4.69, 9.17) is 20.2 Å². The minimum Gasteiger partial charge on any atom is -0.382 e. The van der Waals surface area contributed by atoms with Gasteiger partial charge in [0.05, 0.1) is 6.61 Å². The highest BCUT2D eigenvalue weighted by Crippen LogP contribution is 2.34. The summed E-state index contributed by atoms with van der Waals surface area (Å²) in [6.45, 7) is 5.20. The number of nitrogens with zero attached hydrogens (tertiary/aromatic N) is 5. The summed E-state index contributed by atoms with van der Waals surface area (Å²) in [7, 11) is 0. The molecule has 196 valence electrons. The highest BCUT2D eigenvalue weighted by molar-refractivity contribution is 6.04. The largest absolute Gasteiger partial charge is 0.382 e. The van der Waals surface area contributed by atoms with Crippen molar-refractivity contribution in [1.29, 1.82) is 0 Å². The van der Waals surface area contributed by atoms with E-state index in [2.05, 4.69) is 27.1 Å². The summed E-state index contributed by atoms with van der Waals surface area (Å²) in [5.74, 6) is 1.46. The minimum absolute atomic E-state index is 0.208. The van der Waals surface area contributed by atoms with Crippen molar-refractivity contribution in [3.63, 3.8) is 0 Å². The molecule has 5 heterocycles. The lowest BCUT2D eigenvalue weighted by Crippen LogP contribution is -2.52. The molecular formula is C28H31N7O3. The molecule has 10 heteroatoms. The maximum absolute atomic E-state index is 12.7. The van der Waals surface area contributed by atoms with Gasteiger partial charge >= 0.3 is 0 Å². The molecule has 0 saturated carbocycles. The maximum Gasteiger partial charge on any atom is 0.256 e. The van der Waals surface area contributed by atoms with Gasteiger partial charge in [0, 0.05) is 61.6 Å². The van der Waals surface area contributed by atoms with Crippen LogP contribution in [0.2, 0.25) is 0 Å². The summed E-state index contributed by atoms with van der Waals surface area (Å²) in [6.07, 6.45) is 7.05. The van der Waals surface area contributed by atoms with E-state index in [1.807, 2.05) is 28.8 Å². The van der Waals surface area contributed by atoms with Gasteiger partial charge in [-0.05, 0) is 44.0 Å². The number of morpholine rings is 1.